The third kappa shape index (κ3) is 36.5. The Morgan fingerprint density at radius 1 is 0.373 bits per heavy atom. The van der Waals surface area contributed by atoms with Crippen LogP contribution in [-0.4, -0.2) is 146 Å². The number of ether oxygens (including phenoxy) is 3. The lowest BCUT2D eigenvalue weighted by atomic mass is 10.1. The quantitative estimate of drug-likeness (QED) is 0.0310. The molecule has 0 spiro atoms. The molecule has 3 atom stereocenters. The highest BCUT2D eigenvalue weighted by Gasteiger charge is 2.26. The van der Waals surface area contributed by atoms with Crippen LogP contribution in [-0.2, 0) is 28.6 Å². The minimum atomic E-state index is -1.45. The molecule has 0 aliphatic rings. The van der Waals surface area contributed by atoms with Crippen molar-refractivity contribution in [1.29, 1.82) is 0 Å². The van der Waals surface area contributed by atoms with Gasteiger partial charge in [0.05, 0.1) is 19.8 Å². The summed E-state index contributed by atoms with van der Waals surface area (Å²) < 4.78 is 16.2. The minimum absolute atomic E-state index is 0.116. The number of hydrogen-bond acceptors (Lipinski definition) is 12. The molecule has 0 bridgehead atoms. The molecule has 3 unspecified atom stereocenters. The third-order valence-electron chi connectivity index (χ3n) is 10.9. The lowest BCUT2D eigenvalue weighted by Crippen LogP contribution is -2.45. The fourth-order valence-electron chi connectivity index (χ4n) is 7.15. The standard InChI is InChI=1S/C47H93N3O9/c1-6-9-12-15-18-21-24-27-36-57-45(54)42(51)39-49(33-30-32-48(4)5)34-31-35-50(40-43(52)46(55)58-37-28-25-22-19-16-13-10-7-2)41-44(53)47(56)59-38-29-26-23-20-17-14-11-8-3/h42-44,51-53H,6-41H2,1-5H3. The van der Waals surface area contributed by atoms with Gasteiger partial charge in [-0.15, -0.1) is 0 Å². The first-order chi connectivity index (χ1) is 28.5. The third-order valence-corrected chi connectivity index (χ3v) is 10.9. The molecule has 0 aromatic heterocycles. The molecule has 3 N–H and O–H groups in total. The van der Waals surface area contributed by atoms with Gasteiger partial charge in [0.2, 0.25) is 0 Å². The van der Waals surface area contributed by atoms with Crippen LogP contribution in [0.25, 0.3) is 0 Å². The van der Waals surface area contributed by atoms with Gasteiger partial charge in [0, 0.05) is 19.6 Å². The summed E-state index contributed by atoms with van der Waals surface area (Å²) >= 11 is 0. The average Bonchev–Trinajstić information content (AvgIpc) is 3.21. The van der Waals surface area contributed by atoms with Crippen molar-refractivity contribution in [2.24, 2.45) is 0 Å². The van der Waals surface area contributed by atoms with Crippen molar-refractivity contribution in [3.8, 4) is 0 Å². The van der Waals surface area contributed by atoms with Gasteiger partial charge in [-0.05, 0) is 72.4 Å². The smallest absolute Gasteiger partial charge is 0.336 e. The molecule has 0 saturated heterocycles. The molecule has 0 aromatic rings. The Kier molecular flexibility index (Phi) is 40.2. The van der Waals surface area contributed by atoms with Crippen molar-refractivity contribution < 1.29 is 43.9 Å². The Morgan fingerprint density at radius 3 is 0.932 bits per heavy atom. The Bertz CT molecular complexity index is 931. The van der Waals surface area contributed by atoms with E-state index in [-0.39, 0.29) is 32.8 Å². The number of hydrogen-bond donors (Lipinski definition) is 3. The van der Waals surface area contributed by atoms with Gasteiger partial charge in [0.1, 0.15) is 0 Å². The zero-order valence-electron chi connectivity index (χ0n) is 38.8. The summed E-state index contributed by atoms with van der Waals surface area (Å²) in [4.78, 5) is 44.1. The maximum absolute atomic E-state index is 12.8. The minimum Gasteiger partial charge on any atom is -0.464 e. The van der Waals surface area contributed by atoms with Crippen molar-refractivity contribution in [3.05, 3.63) is 0 Å². The zero-order chi connectivity index (χ0) is 43.8. The van der Waals surface area contributed by atoms with E-state index in [1.54, 1.807) is 4.90 Å². The van der Waals surface area contributed by atoms with Crippen LogP contribution in [0.1, 0.15) is 188 Å². The number of esters is 3. The van der Waals surface area contributed by atoms with Crippen LogP contribution in [0.2, 0.25) is 0 Å². The zero-order valence-corrected chi connectivity index (χ0v) is 38.8. The lowest BCUT2D eigenvalue weighted by Gasteiger charge is -2.29. The largest absolute Gasteiger partial charge is 0.464 e. The summed E-state index contributed by atoms with van der Waals surface area (Å²) in [6.07, 6.45) is 24.1. The second-order valence-electron chi connectivity index (χ2n) is 17.0. The molecule has 0 aliphatic heterocycles. The lowest BCUT2D eigenvalue weighted by molar-refractivity contribution is -0.157. The summed E-state index contributed by atoms with van der Waals surface area (Å²) in [7, 11) is 3.99. The molecule has 350 valence electrons. The molecular formula is C47H93N3O9. The van der Waals surface area contributed by atoms with E-state index in [1.807, 2.05) is 19.0 Å². The molecule has 12 nitrogen and oxygen atoms in total. The number of nitrogens with zero attached hydrogens (tertiary/aromatic N) is 3. The van der Waals surface area contributed by atoms with Gasteiger partial charge in [-0.2, -0.15) is 0 Å². The summed E-state index contributed by atoms with van der Waals surface area (Å²) in [5.41, 5.74) is 0. The topological polar surface area (TPSA) is 149 Å². The summed E-state index contributed by atoms with van der Waals surface area (Å²) in [5.74, 6) is -2.05. The number of aliphatic hydroxyl groups is 3. The molecular weight excluding hydrogens is 751 g/mol. The SMILES string of the molecule is CCCCCCCCCCOC(=O)C(O)CN(CCCN(C)C)CCCN(CC(O)C(=O)OCCCCCCCCCC)CC(O)C(=O)OCCCCCCCCCC. The number of unbranched alkanes of at least 4 members (excludes halogenated alkanes) is 21. The Morgan fingerprint density at radius 2 is 0.627 bits per heavy atom. The van der Waals surface area contributed by atoms with Crippen LogP contribution in [0.3, 0.4) is 0 Å². The second-order valence-corrected chi connectivity index (χ2v) is 17.0. The van der Waals surface area contributed by atoms with E-state index in [4.69, 9.17) is 14.2 Å². The summed E-state index contributed by atoms with van der Waals surface area (Å²) in [6.45, 7) is 9.60. The van der Waals surface area contributed by atoms with E-state index in [1.165, 1.54) is 96.3 Å². The Labute approximate surface area is 361 Å². The normalized spacial score (nSPS) is 13.3. The summed E-state index contributed by atoms with van der Waals surface area (Å²) in [5, 5.41) is 32.5. The van der Waals surface area contributed by atoms with Gasteiger partial charge in [0.15, 0.2) is 18.3 Å². The molecule has 0 aromatic carbocycles. The van der Waals surface area contributed by atoms with Crippen molar-refractivity contribution >= 4 is 17.9 Å². The van der Waals surface area contributed by atoms with E-state index in [0.29, 0.717) is 32.7 Å². The van der Waals surface area contributed by atoms with Gasteiger partial charge in [-0.3, -0.25) is 4.90 Å². The Hall–Kier alpha value is -1.83. The first-order valence-electron chi connectivity index (χ1n) is 24.2. The highest BCUT2D eigenvalue weighted by atomic mass is 16.6. The molecule has 0 aliphatic carbocycles. The van der Waals surface area contributed by atoms with Crippen LogP contribution in [0.5, 0.6) is 0 Å². The molecule has 0 saturated carbocycles. The van der Waals surface area contributed by atoms with Crippen LogP contribution < -0.4 is 0 Å². The Balaban J connectivity index is 5.21. The van der Waals surface area contributed by atoms with Gasteiger partial charge in [0.25, 0.3) is 0 Å². The van der Waals surface area contributed by atoms with Crippen LogP contribution in [0.4, 0.5) is 0 Å². The summed E-state index contributed by atoms with van der Waals surface area (Å²) in [6, 6.07) is 0. The van der Waals surface area contributed by atoms with Gasteiger partial charge >= 0.3 is 17.9 Å². The van der Waals surface area contributed by atoms with E-state index in [0.717, 1.165) is 70.8 Å². The molecule has 12 heteroatoms. The van der Waals surface area contributed by atoms with Crippen molar-refractivity contribution in [3.63, 3.8) is 0 Å². The number of aliphatic hydroxyl groups excluding tert-OH is 3. The van der Waals surface area contributed by atoms with Crippen LogP contribution in [0.15, 0.2) is 0 Å². The van der Waals surface area contributed by atoms with Gasteiger partial charge < -0.3 is 39.3 Å². The van der Waals surface area contributed by atoms with Crippen LogP contribution in [0, 0.1) is 0 Å². The van der Waals surface area contributed by atoms with E-state index in [2.05, 4.69) is 25.7 Å². The molecule has 59 heavy (non-hydrogen) atoms. The first-order valence-corrected chi connectivity index (χ1v) is 24.2. The monoisotopic (exact) mass is 844 g/mol. The highest BCUT2D eigenvalue weighted by Crippen LogP contribution is 2.12. The fraction of sp³-hybridized carbons (Fsp3) is 0.936. The van der Waals surface area contributed by atoms with Crippen LogP contribution >= 0.6 is 0 Å². The molecule has 0 fully saturated rings. The highest BCUT2D eigenvalue weighted by molar-refractivity contribution is 5.75. The van der Waals surface area contributed by atoms with Gasteiger partial charge in [-0.1, -0.05) is 156 Å². The predicted octanol–water partition coefficient (Wildman–Crippen LogP) is 8.07. The predicted molar refractivity (Wildman–Crippen MR) is 239 cm³/mol. The van der Waals surface area contributed by atoms with Crippen molar-refractivity contribution in [2.75, 3.05) is 79.7 Å². The van der Waals surface area contributed by atoms with Crippen molar-refractivity contribution in [1.82, 2.24) is 14.7 Å². The first kappa shape index (κ1) is 57.2. The molecule has 0 amide bonds. The number of carbonyl (C=O) groups is 3. The second kappa shape index (κ2) is 41.5. The average molecular weight is 844 g/mol. The van der Waals surface area contributed by atoms with Crippen molar-refractivity contribution in [2.45, 2.75) is 206 Å². The van der Waals surface area contributed by atoms with Gasteiger partial charge in [-0.25, -0.2) is 14.4 Å². The molecule has 0 radical (unpaired) electrons. The maximum Gasteiger partial charge on any atom is 0.336 e. The number of rotatable bonds is 44. The maximum atomic E-state index is 12.8. The number of carbonyl (C=O) groups excluding carboxylic acids is 3. The van der Waals surface area contributed by atoms with E-state index < -0.39 is 36.2 Å². The fourth-order valence-corrected chi connectivity index (χ4v) is 7.15. The molecule has 0 heterocycles. The van der Waals surface area contributed by atoms with E-state index >= 15 is 0 Å². The van der Waals surface area contributed by atoms with E-state index in [9.17, 15) is 29.7 Å². The molecule has 0 rings (SSSR count).